The minimum Gasteiger partial charge on any atom is -0.487 e. The van der Waals surface area contributed by atoms with Crippen LogP contribution in [0, 0.1) is 11.3 Å². The van der Waals surface area contributed by atoms with Crippen LogP contribution in [0.15, 0.2) is 85.2 Å². The number of hydrogen-bond donors (Lipinski definition) is 0. The highest BCUT2D eigenvalue weighted by molar-refractivity contribution is 5.71. The van der Waals surface area contributed by atoms with Crippen LogP contribution in [0.4, 0.5) is 0 Å². The molecule has 0 aliphatic carbocycles. The van der Waals surface area contributed by atoms with Crippen molar-refractivity contribution in [2.45, 2.75) is 6.61 Å². The average Bonchev–Trinajstić information content (AvgIpc) is 3.10. The van der Waals surface area contributed by atoms with Gasteiger partial charge in [0.1, 0.15) is 12.4 Å². The van der Waals surface area contributed by atoms with E-state index in [2.05, 4.69) is 34.9 Å². The van der Waals surface area contributed by atoms with E-state index >= 15 is 0 Å². The van der Waals surface area contributed by atoms with Crippen LogP contribution in [0.1, 0.15) is 11.1 Å². The highest BCUT2D eigenvalue weighted by atomic mass is 16.5. The van der Waals surface area contributed by atoms with E-state index in [9.17, 15) is 0 Å². The first kappa shape index (κ1) is 15.0. The predicted octanol–water partition coefficient (Wildman–Crippen LogP) is 5.06. The molecule has 0 saturated heterocycles. The Hall–Kier alpha value is -3.51. The Bertz CT molecular complexity index is 1040. The van der Waals surface area contributed by atoms with E-state index in [1.54, 1.807) is 0 Å². The number of pyridine rings is 1. The Morgan fingerprint density at radius 2 is 1.64 bits per heavy atom. The molecule has 0 N–H and O–H groups in total. The van der Waals surface area contributed by atoms with Crippen LogP contribution in [-0.4, -0.2) is 4.40 Å². The summed E-state index contributed by atoms with van der Waals surface area (Å²) in [5, 5.41) is 8.91. The summed E-state index contributed by atoms with van der Waals surface area (Å²) in [4.78, 5) is 0. The molecule has 2 aromatic heterocycles. The van der Waals surface area contributed by atoms with Gasteiger partial charge in [-0.15, -0.1) is 0 Å². The average molecular weight is 324 g/mol. The molecule has 3 heteroatoms. The summed E-state index contributed by atoms with van der Waals surface area (Å²) >= 11 is 0. The van der Waals surface area contributed by atoms with E-state index in [-0.39, 0.29) is 0 Å². The summed E-state index contributed by atoms with van der Waals surface area (Å²) in [7, 11) is 0. The van der Waals surface area contributed by atoms with Gasteiger partial charge in [0, 0.05) is 17.3 Å². The van der Waals surface area contributed by atoms with Crippen molar-refractivity contribution in [1.29, 1.82) is 5.26 Å². The number of ether oxygens (including phenoxy) is 1. The molecule has 2 aromatic carbocycles. The van der Waals surface area contributed by atoms with Gasteiger partial charge < -0.3 is 9.14 Å². The van der Waals surface area contributed by atoms with E-state index < -0.39 is 0 Å². The number of aromatic nitrogens is 1. The Labute approximate surface area is 146 Å². The third kappa shape index (κ3) is 3.24. The third-order valence-corrected chi connectivity index (χ3v) is 4.16. The Morgan fingerprint density at radius 3 is 2.40 bits per heavy atom. The van der Waals surface area contributed by atoms with Crippen molar-refractivity contribution in [2.24, 2.45) is 0 Å². The molecule has 0 saturated carbocycles. The highest BCUT2D eigenvalue weighted by Crippen LogP contribution is 2.25. The largest absolute Gasteiger partial charge is 0.487 e. The maximum atomic E-state index is 8.91. The second kappa shape index (κ2) is 6.54. The minimum atomic E-state index is 0.552. The monoisotopic (exact) mass is 324 g/mol. The molecule has 2 heterocycles. The molecule has 0 unspecified atom stereocenters. The van der Waals surface area contributed by atoms with Crippen LogP contribution in [0.25, 0.3) is 16.6 Å². The van der Waals surface area contributed by atoms with Gasteiger partial charge in [0.2, 0.25) is 0 Å². The third-order valence-electron chi connectivity index (χ3n) is 4.16. The SMILES string of the molecule is N#Cc1ccc(-c2cc3ccc(OCc4ccccc4)cn3c2)cc1. The second-order valence-corrected chi connectivity index (χ2v) is 5.89. The predicted molar refractivity (Wildman–Crippen MR) is 98.3 cm³/mol. The zero-order chi connectivity index (χ0) is 17.1. The molecule has 0 aliphatic rings. The van der Waals surface area contributed by atoms with Crippen molar-refractivity contribution in [3.63, 3.8) is 0 Å². The topological polar surface area (TPSA) is 37.4 Å². The molecule has 0 bridgehead atoms. The number of benzene rings is 2. The molecule has 4 aromatic rings. The van der Waals surface area contributed by atoms with E-state index in [1.807, 2.05) is 60.8 Å². The van der Waals surface area contributed by atoms with Crippen molar-refractivity contribution in [2.75, 3.05) is 0 Å². The van der Waals surface area contributed by atoms with Gasteiger partial charge in [-0.2, -0.15) is 5.26 Å². The Kier molecular flexibility index (Phi) is 3.94. The second-order valence-electron chi connectivity index (χ2n) is 5.89. The first-order valence-corrected chi connectivity index (χ1v) is 8.11. The van der Waals surface area contributed by atoms with Crippen molar-refractivity contribution in [3.05, 3.63) is 96.3 Å². The van der Waals surface area contributed by atoms with Crippen LogP contribution in [-0.2, 0) is 6.61 Å². The molecule has 120 valence electrons. The van der Waals surface area contributed by atoms with Crippen molar-refractivity contribution in [1.82, 2.24) is 4.40 Å². The Morgan fingerprint density at radius 1 is 0.840 bits per heavy atom. The lowest BCUT2D eigenvalue weighted by molar-refractivity contribution is 0.304. The van der Waals surface area contributed by atoms with Crippen LogP contribution < -0.4 is 4.74 Å². The smallest absolute Gasteiger partial charge is 0.136 e. The molecule has 0 atom stereocenters. The number of hydrogen-bond acceptors (Lipinski definition) is 2. The fourth-order valence-electron chi connectivity index (χ4n) is 2.81. The maximum Gasteiger partial charge on any atom is 0.136 e. The number of rotatable bonds is 4. The molecule has 0 spiro atoms. The lowest BCUT2D eigenvalue weighted by Crippen LogP contribution is -1.96. The molecular formula is C22H16N2O. The number of nitriles is 1. The van der Waals surface area contributed by atoms with E-state index in [0.29, 0.717) is 12.2 Å². The van der Waals surface area contributed by atoms with Crippen LogP contribution in [0.5, 0.6) is 5.75 Å². The van der Waals surface area contributed by atoms with Gasteiger partial charge in [-0.3, -0.25) is 0 Å². The quantitative estimate of drug-likeness (QED) is 0.526. The van der Waals surface area contributed by atoms with E-state index in [4.69, 9.17) is 10.00 Å². The number of nitrogens with zero attached hydrogens (tertiary/aromatic N) is 2. The van der Waals surface area contributed by atoms with Gasteiger partial charge in [-0.1, -0.05) is 42.5 Å². The van der Waals surface area contributed by atoms with Gasteiger partial charge >= 0.3 is 0 Å². The molecule has 0 amide bonds. The summed E-state index contributed by atoms with van der Waals surface area (Å²) in [5.41, 5.74) is 5.13. The molecule has 25 heavy (non-hydrogen) atoms. The zero-order valence-corrected chi connectivity index (χ0v) is 13.6. The summed E-state index contributed by atoms with van der Waals surface area (Å²) < 4.78 is 7.95. The van der Waals surface area contributed by atoms with Gasteiger partial charge in [0.15, 0.2) is 0 Å². The van der Waals surface area contributed by atoms with Gasteiger partial charge in [0.25, 0.3) is 0 Å². The first-order valence-electron chi connectivity index (χ1n) is 8.11. The highest BCUT2D eigenvalue weighted by Gasteiger charge is 2.04. The van der Waals surface area contributed by atoms with E-state index in [1.165, 1.54) is 0 Å². The van der Waals surface area contributed by atoms with Crippen LogP contribution in [0.3, 0.4) is 0 Å². The fraction of sp³-hybridized carbons (Fsp3) is 0.0455. The van der Waals surface area contributed by atoms with Gasteiger partial charge in [-0.05, 0) is 41.5 Å². The zero-order valence-electron chi connectivity index (χ0n) is 13.6. The van der Waals surface area contributed by atoms with Gasteiger partial charge in [0.05, 0.1) is 17.8 Å². The van der Waals surface area contributed by atoms with Crippen LogP contribution >= 0.6 is 0 Å². The molecule has 0 fully saturated rings. The van der Waals surface area contributed by atoms with Crippen molar-refractivity contribution in [3.8, 4) is 22.9 Å². The molecule has 0 aliphatic heterocycles. The summed E-state index contributed by atoms with van der Waals surface area (Å²) in [6.45, 7) is 0.552. The molecule has 3 nitrogen and oxygen atoms in total. The Balaban J connectivity index is 1.57. The minimum absolute atomic E-state index is 0.552. The van der Waals surface area contributed by atoms with Gasteiger partial charge in [-0.25, -0.2) is 0 Å². The normalized spacial score (nSPS) is 10.5. The summed E-state index contributed by atoms with van der Waals surface area (Å²) in [6.07, 6.45) is 4.07. The standard InChI is InChI=1S/C22H16N2O/c23-13-17-6-8-19(9-7-17)20-12-21-10-11-22(15-24(21)14-20)25-16-18-4-2-1-3-5-18/h1-12,14-15H,16H2. The van der Waals surface area contributed by atoms with E-state index in [0.717, 1.165) is 28.0 Å². The fourth-order valence-corrected chi connectivity index (χ4v) is 2.81. The first-order chi connectivity index (χ1) is 12.3. The maximum absolute atomic E-state index is 8.91. The molecule has 0 radical (unpaired) electrons. The van der Waals surface area contributed by atoms with Crippen LogP contribution in [0.2, 0.25) is 0 Å². The van der Waals surface area contributed by atoms with Crippen molar-refractivity contribution < 1.29 is 4.74 Å². The lowest BCUT2D eigenvalue weighted by Gasteiger charge is -2.06. The van der Waals surface area contributed by atoms with Crippen molar-refractivity contribution >= 4 is 5.52 Å². The lowest BCUT2D eigenvalue weighted by atomic mass is 10.1. The summed E-state index contributed by atoms with van der Waals surface area (Å²) in [5.74, 6) is 0.832. The molecular weight excluding hydrogens is 308 g/mol. The number of fused-ring (bicyclic) bond motifs is 1. The summed E-state index contributed by atoms with van der Waals surface area (Å²) in [6, 6.07) is 26.1. The molecule has 4 rings (SSSR count).